The van der Waals surface area contributed by atoms with Gasteiger partial charge in [0, 0.05) is 18.9 Å². The molecule has 0 spiro atoms. The smallest absolute Gasteiger partial charge is 0.413 e. The highest BCUT2D eigenvalue weighted by Crippen LogP contribution is 2.35. The molecule has 22 heavy (non-hydrogen) atoms. The van der Waals surface area contributed by atoms with Gasteiger partial charge in [0.05, 0.1) is 13.7 Å². The van der Waals surface area contributed by atoms with E-state index in [0.717, 1.165) is 5.69 Å². The third kappa shape index (κ3) is 3.38. The molecular formula is C15H25N3O3Si. The lowest BCUT2D eigenvalue weighted by Gasteiger charge is -2.33. The normalized spacial score (nSPS) is 11.6. The van der Waals surface area contributed by atoms with Gasteiger partial charge in [0.25, 0.3) is 0 Å². The van der Waals surface area contributed by atoms with Crippen LogP contribution >= 0.6 is 0 Å². The third-order valence-corrected chi connectivity index (χ3v) is 9.17. The summed E-state index contributed by atoms with van der Waals surface area (Å²) in [6.07, 6.45) is 1.94. The van der Waals surface area contributed by atoms with Crippen molar-refractivity contribution < 1.29 is 18.7 Å². The fourth-order valence-electron chi connectivity index (χ4n) is 2.83. The zero-order valence-corrected chi connectivity index (χ0v) is 15.2. The average molecular weight is 323 g/mol. The summed E-state index contributed by atoms with van der Waals surface area (Å²) in [5, 5.41) is 0.0363. The van der Waals surface area contributed by atoms with Crippen molar-refractivity contribution in [1.82, 2.24) is 4.57 Å². The minimum atomic E-state index is -2.83. The van der Waals surface area contributed by atoms with Crippen LogP contribution < -0.4 is 0 Å². The Morgan fingerprint density at radius 3 is 2.32 bits per heavy atom. The highest BCUT2D eigenvalue weighted by atomic mass is 28.4. The fraction of sp³-hybridized carbons (Fsp3) is 0.600. The van der Waals surface area contributed by atoms with Gasteiger partial charge in [-0.3, -0.25) is 0 Å². The van der Waals surface area contributed by atoms with Gasteiger partial charge in [0.15, 0.2) is 0 Å². The topological polar surface area (TPSA) is 76.9 Å². The maximum Gasteiger partial charge on any atom is 0.413 e. The lowest BCUT2D eigenvalue weighted by molar-refractivity contribution is -0.137. The second-order valence-corrected chi connectivity index (χ2v) is 10.6. The maximum atomic E-state index is 12.1. The zero-order chi connectivity index (χ0) is 16.9. The summed E-state index contributed by atoms with van der Waals surface area (Å²) in [5.74, 6) is -0.622. The third-order valence-electron chi connectivity index (χ3n) is 4.07. The molecule has 0 amide bonds. The molecule has 0 aliphatic heterocycles. The summed E-state index contributed by atoms with van der Waals surface area (Å²) in [4.78, 5) is 15.3. The van der Waals surface area contributed by atoms with E-state index in [4.69, 9.17) is 9.16 Å². The Bertz CT molecular complexity index is 566. The summed E-state index contributed by atoms with van der Waals surface area (Å²) < 4.78 is 13.0. The zero-order valence-electron chi connectivity index (χ0n) is 14.2. The molecule has 0 unspecified atom stereocenters. The van der Waals surface area contributed by atoms with Gasteiger partial charge in [-0.05, 0) is 23.2 Å². The molecule has 122 valence electrons. The molecule has 0 N–H and O–H groups in total. The molecule has 1 rings (SSSR count). The van der Waals surface area contributed by atoms with E-state index in [1.165, 1.54) is 7.11 Å². The van der Waals surface area contributed by atoms with Crippen LogP contribution in [0.1, 0.15) is 33.4 Å². The van der Waals surface area contributed by atoms with Gasteiger partial charge in [-0.1, -0.05) is 27.7 Å². The minimum absolute atomic E-state index is 0.0363. The molecule has 6 nitrogen and oxygen atoms in total. The number of carbonyl (C=O) groups excluding carboxylic acids is 1. The Morgan fingerprint density at radius 2 is 1.95 bits per heavy atom. The van der Waals surface area contributed by atoms with Gasteiger partial charge in [0.1, 0.15) is 0 Å². The van der Waals surface area contributed by atoms with Crippen LogP contribution in [0.2, 0.25) is 11.1 Å². The SMILES string of the molecule is COC(=O)C(=[N+]=[N-])[Si](OCc1cccn1C)(C(C)C)C(C)C. The molecule has 0 radical (unpaired) electrons. The summed E-state index contributed by atoms with van der Waals surface area (Å²) in [7, 11) is 0.390. The van der Waals surface area contributed by atoms with E-state index in [0.29, 0.717) is 6.61 Å². The summed E-state index contributed by atoms with van der Waals surface area (Å²) >= 11 is 0. The minimum Gasteiger partial charge on any atom is -0.461 e. The monoisotopic (exact) mass is 323 g/mol. The molecule has 0 saturated heterocycles. The number of carbonyl (C=O) groups is 1. The molecule has 0 bridgehead atoms. The number of rotatable bonds is 7. The molecule has 0 aliphatic rings. The Labute approximate surface area is 132 Å². The van der Waals surface area contributed by atoms with Gasteiger partial charge in [-0.25, -0.2) is 4.79 Å². The van der Waals surface area contributed by atoms with Crippen molar-refractivity contribution in [3.8, 4) is 0 Å². The van der Waals surface area contributed by atoms with E-state index < -0.39 is 14.3 Å². The number of nitrogens with zero attached hydrogens (tertiary/aromatic N) is 3. The number of aryl methyl sites for hydroxylation is 1. The lowest BCUT2D eigenvalue weighted by Crippen LogP contribution is -2.56. The number of esters is 1. The van der Waals surface area contributed by atoms with E-state index in [2.05, 4.69) is 4.79 Å². The quantitative estimate of drug-likeness (QED) is 0.254. The molecule has 0 aliphatic carbocycles. The van der Waals surface area contributed by atoms with Gasteiger partial charge in [-0.15, -0.1) is 0 Å². The van der Waals surface area contributed by atoms with Gasteiger partial charge in [0.2, 0.25) is 0 Å². The first-order valence-corrected chi connectivity index (χ1v) is 9.42. The molecule has 0 saturated carbocycles. The fourth-order valence-corrected chi connectivity index (χ4v) is 7.02. The van der Waals surface area contributed by atoms with Crippen LogP contribution in [-0.4, -0.2) is 36.1 Å². The number of hydrogen-bond donors (Lipinski definition) is 0. The van der Waals surface area contributed by atoms with Crippen molar-refractivity contribution >= 4 is 19.6 Å². The lowest BCUT2D eigenvalue weighted by atomic mass is 10.5. The Balaban J connectivity index is 3.24. The van der Waals surface area contributed by atoms with Crippen LogP contribution in [0.4, 0.5) is 0 Å². The van der Waals surface area contributed by atoms with Crippen LogP contribution in [0.5, 0.6) is 0 Å². The predicted molar refractivity (Wildman–Crippen MR) is 86.8 cm³/mol. The first kappa shape index (κ1) is 18.4. The van der Waals surface area contributed by atoms with Crippen molar-refractivity contribution in [2.75, 3.05) is 7.11 Å². The van der Waals surface area contributed by atoms with Crippen LogP contribution in [0, 0.1) is 0 Å². The van der Waals surface area contributed by atoms with Gasteiger partial charge < -0.3 is 19.3 Å². The molecular weight excluding hydrogens is 298 g/mol. The van der Waals surface area contributed by atoms with Gasteiger partial charge >= 0.3 is 19.6 Å². The Kier molecular flexibility index (Phi) is 6.29. The summed E-state index contributed by atoms with van der Waals surface area (Å²) in [5.41, 5.74) is 10.5. The van der Waals surface area contributed by atoms with E-state index in [1.54, 1.807) is 0 Å². The maximum absolute atomic E-state index is 12.1. The van der Waals surface area contributed by atoms with E-state index in [1.807, 2.05) is 57.6 Å². The Morgan fingerprint density at radius 1 is 1.36 bits per heavy atom. The number of methoxy groups -OCH3 is 1. The van der Waals surface area contributed by atoms with E-state index >= 15 is 0 Å². The number of aromatic nitrogens is 1. The molecule has 0 fully saturated rings. The largest absolute Gasteiger partial charge is 0.461 e. The molecule has 1 heterocycles. The molecule has 1 aromatic rings. The van der Waals surface area contributed by atoms with Crippen LogP contribution in [-0.2, 0) is 27.6 Å². The molecule has 0 aromatic carbocycles. The highest BCUT2D eigenvalue weighted by Gasteiger charge is 2.58. The molecule has 0 atom stereocenters. The average Bonchev–Trinajstić information content (AvgIpc) is 2.87. The van der Waals surface area contributed by atoms with Crippen molar-refractivity contribution in [2.45, 2.75) is 45.4 Å². The molecule has 1 aromatic heterocycles. The summed E-state index contributed by atoms with van der Waals surface area (Å²) in [6.45, 7) is 8.33. The van der Waals surface area contributed by atoms with E-state index in [-0.39, 0.29) is 16.4 Å². The number of ether oxygens (including phenoxy) is 1. The Hall–Kier alpha value is -1.69. The standard InChI is InChI=1S/C15H25N3O3Si/c1-11(2)22(12(3)4,14(17-16)15(19)20-6)21-10-13-8-7-9-18(13)5/h7-9,11-12H,10H2,1-6H3. The van der Waals surface area contributed by atoms with Crippen molar-refractivity contribution in [3.63, 3.8) is 0 Å². The van der Waals surface area contributed by atoms with Crippen molar-refractivity contribution in [3.05, 3.63) is 29.6 Å². The first-order chi connectivity index (χ1) is 10.3. The second-order valence-electron chi connectivity index (χ2n) is 5.94. The van der Waals surface area contributed by atoms with Crippen molar-refractivity contribution in [2.24, 2.45) is 7.05 Å². The number of hydrogen-bond acceptors (Lipinski definition) is 3. The van der Waals surface area contributed by atoms with E-state index in [9.17, 15) is 10.3 Å². The summed E-state index contributed by atoms with van der Waals surface area (Å²) in [6, 6.07) is 3.90. The highest BCUT2D eigenvalue weighted by molar-refractivity contribution is 7.11. The van der Waals surface area contributed by atoms with Crippen LogP contribution in [0.25, 0.3) is 5.53 Å². The second kappa shape index (κ2) is 7.53. The van der Waals surface area contributed by atoms with Crippen LogP contribution in [0.15, 0.2) is 18.3 Å². The van der Waals surface area contributed by atoms with Crippen LogP contribution in [0.3, 0.4) is 0 Å². The van der Waals surface area contributed by atoms with Gasteiger partial charge in [-0.2, -0.15) is 4.79 Å². The molecule has 7 heteroatoms. The first-order valence-electron chi connectivity index (χ1n) is 7.36. The predicted octanol–water partition coefficient (Wildman–Crippen LogP) is 2.69. The van der Waals surface area contributed by atoms with Crippen molar-refractivity contribution in [1.29, 1.82) is 0 Å².